The van der Waals surface area contributed by atoms with Crippen LogP contribution < -0.4 is 5.32 Å². The van der Waals surface area contributed by atoms with Crippen molar-refractivity contribution in [1.29, 1.82) is 0 Å². The summed E-state index contributed by atoms with van der Waals surface area (Å²) in [6.07, 6.45) is 7.32. The number of aliphatic carboxylic acids is 1. The van der Waals surface area contributed by atoms with Crippen molar-refractivity contribution in [3.8, 4) is 11.1 Å². The number of carboxylic acids is 1. The van der Waals surface area contributed by atoms with E-state index in [1.54, 1.807) is 12.1 Å². The zero-order chi connectivity index (χ0) is 30.9. The van der Waals surface area contributed by atoms with Gasteiger partial charge in [0.05, 0.1) is 6.42 Å². The molecule has 0 spiro atoms. The van der Waals surface area contributed by atoms with Crippen LogP contribution in [0.4, 0.5) is 0 Å². The maximum Gasteiger partial charge on any atom is 0.305 e. The number of hydrogen-bond donors (Lipinski definition) is 2. The maximum absolute atomic E-state index is 13.9. The summed E-state index contributed by atoms with van der Waals surface area (Å²) in [6, 6.07) is 31.3. The Bertz CT molecular complexity index is 1650. The number of hydrogen-bond acceptors (Lipinski definition) is 4. The molecule has 1 saturated carbocycles. The van der Waals surface area contributed by atoms with Crippen LogP contribution in [0.25, 0.3) is 16.7 Å². The van der Waals surface area contributed by atoms with E-state index in [9.17, 15) is 19.2 Å². The van der Waals surface area contributed by atoms with Gasteiger partial charge in [-0.1, -0.05) is 110 Å². The molecule has 4 aromatic carbocycles. The van der Waals surface area contributed by atoms with Gasteiger partial charge in [-0.15, -0.1) is 0 Å². The number of rotatable bonds is 11. The molecule has 1 aliphatic rings. The van der Waals surface area contributed by atoms with Gasteiger partial charge in [0.1, 0.15) is 0 Å². The van der Waals surface area contributed by atoms with E-state index in [2.05, 4.69) is 5.32 Å². The van der Waals surface area contributed by atoms with Gasteiger partial charge in [0.25, 0.3) is 5.91 Å². The van der Waals surface area contributed by atoms with Gasteiger partial charge >= 0.3 is 5.97 Å². The Kier molecular flexibility index (Phi) is 9.92. The number of benzene rings is 4. The smallest absolute Gasteiger partial charge is 0.305 e. The van der Waals surface area contributed by atoms with E-state index in [1.807, 2.05) is 78.9 Å². The molecule has 0 aliphatic heterocycles. The molecule has 6 heteroatoms. The van der Waals surface area contributed by atoms with E-state index in [-0.39, 0.29) is 30.1 Å². The summed E-state index contributed by atoms with van der Waals surface area (Å²) in [7, 11) is 0. The molecule has 5 rings (SSSR count). The third kappa shape index (κ3) is 7.64. The molecule has 1 amide bonds. The molecule has 0 heterocycles. The monoisotopic (exact) mass is 585 g/mol. The summed E-state index contributed by atoms with van der Waals surface area (Å²) < 4.78 is 0. The average Bonchev–Trinajstić information content (AvgIpc) is 3.07. The number of ketones is 2. The Morgan fingerprint density at radius 2 is 1.23 bits per heavy atom. The first-order chi connectivity index (χ1) is 21.4. The van der Waals surface area contributed by atoms with Crippen molar-refractivity contribution in [3.05, 3.63) is 137 Å². The van der Waals surface area contributed by atoms with Crippen molar-refractivity contribution in [2.45, 2.75) is 44.4 Å². The fraction of sp³-hybridized carbons (Fsp3) is 0.211. The second-order valence-corrected chi connectivity index (χ2v) is 11.1. The third-order valence-corrected chi connectivity index (χ3v) is 8.13. The van der Waals surface area contributed by atoms with E-state index < -0.39 is 11.9 Å². The van der Waals surface area contributed by atoms with Crippen LogP contribution in [0.2, 0.25) is 0 Å². The zero-order valence-corrected chi connectivity index (χ0v) is 24.5. The SMILES string of the molecule is O=C(O)CCNC(=O)c1ccc(C(=O)/C(=C\C(=O)c2ccc(C3CCCCC3)cc2)c2ccc(-c3ccccc3)cc2)cc1. The highest BCUT2D eigenvalue weighted by Crippen LogP contribution is 2.33. The van der Waals surface area contributed by atoms with Crippen molar-refractivity contribution in [2.24, 2.45) is 0 Å². The highest BCUT2D eigenvalue weighted by Gasteiger charge is 2.19. The van der Waals surface area contributed by atoms with E-state index in [4.69, 9.17) is 5.11 Å². The Morgan fingerprint density at radius 1 is 0.659 bits per heavy atom. The molecule has 222 valence electrons. The Morgan fingerprint density at radius 3 is 1.86 bits per heavy atom. The fourth-order valence-corrected chi connectivity index (χ4v) is 5.64. The summed E-state index contributed by atoms with van der Waals surface area (Å²) in [6.45, 7) is 0.00442. The topological polar surface area (TPSA) is 101 Å². The van der Waals surface area contributed by atoms with Gasteiger partial charge in [-0.2, -0.15) is 0 Å². The molecule has 44 heavy (non-hydrogen) atoms. The first-order valence-electron chi connectivity index (χ1n) is 15.1. The molecule has 0 unspecified atom stereocenters. The number of allylic oxidation sites excluding steroid dienone is 2. The Balaban J connectivity index is 1.41. The molecule has 1 aliphatic carbocycles. The van der Waals surface area contributed by atoms with Crippen LogP contribution in [-0.4, -0.2) is 35.1 Å². The first-order valence-corrected chi connectivity index (χ1v) is 15.1. The van der Waals surface area contributed by atoms with Gasteiger partial charge in [0.15, 0.2) is 11.6 Å². The number of carbonyl (C=O) groups excluding carboxylic acids is 3. The normalized spacial score (nSPS) is 13.7. The van der Waals surface area contributed by atoms with E-state index in [1.165, 1.54) is 55.9 Å². The second kappa shape index (κ2) is 14.4. The molecular formula is C38H35NO5. The number of nitrogens with one attached hydrogen (secondary N) is 1. The van der Waals surface area contributed by atoms with Crippen molar-refractivity contribution in [2.75, 3.05) is 6.54 Å². The van der Waals surface area contributed by atoms with Gasteiger partial charge in [0, 0.05) is 28.8 Å². The van der Waals surface area contributed by atoms with Crippen LogP contribution in [0.3, 0.4) is 0 Å². The summed E-state index contributed by atoms with van der Waals surface area (Å²) in [4.78, 5) is 50.5. The lowest BCUT2D eigenvalue weighted by molar-refractivity contribution is -0.136. The largest absolute Gasteiger partial charge is 0.481 e. The quantitative estimate of drug-likeness (QED) is 0.138. The summed E-state index contributed by atoms with van der Waals surface area (Å²) >= 11 is 0. The molecule has 6 nitrogen and oxygen atoms in total. The van der Waals surface area contributed by atoms with Gasteiger partial charge in [-0.25, -0.2) is 0 Å². The molecule has 2 N–H and O–H groups in total. The molecule has 0 radical (unpaired) electrons. The van der Waals surface area contributed by atoms with Gasteiger partial charge in [0.2, 0.25) is 0 Å². The average molecular weight is 586 g/mol. The minimum absolute atomic E-state index is 0.00442. The van der Waals surface area contributed by atoms with Crippen LogP contribution in [0.15, 0.2) is 109 Å². The van der Waals surface area contributed by atoms with Crippen LogP contribution in [0.1, 0.15) is 86.6 Å². The molecule has 1 fully saturated rings. The lowest BCUT2D eigenvalue weighted by Gasteiger charge is -2.21. The van der Waals surface area contributed by atoms with Crippen LogP contribution in [0.5, 0.6) is 0 Å². The summed E-state index contributed by atoms with van der Waals surface area (Å²) in [5.41, 5.74) is 5.30. The highest BCUT2D eigenvalue weighted by atomic mass is 16.4. The molecule has 4 aromatic rings. The maximum atomic E-state index is 13.9. The standard InChI is InChI=1S/C38H35NO5/c40-35(31-17-13-29(14-18-31)27-9-5-2-6-10-27)25-34(30-15-11-28(12-16-30)26-7-3-1-4-8-26)37(43)32-19-21-33(22-20-32)38(44)39-24-23-36(41)42/h1,3-4,7-8,11-22,25,27H,2,5-6,9-10,23-24H2,(H,39,44)(H,41,42)/b34-25-. The van der Waals surface area contributed by atoms with E-state index in [0.717, 1.165) is 11.1 Å². The van der Waals surface area contributed by atoms with Crippen molar-refractivity contribution in [1.82, 2.24) is 5.32 Å². The van der Waals surface area contributed by atoms with Gasteiger partial charge in [-0.3, -0.25) is 19.2 Å². The molecular weight excluding hydrogens is 550 g/mol. The third-order valence-electron chi connectivity index (χ3n) is 8.13. The Labute approximate surface area is 257 Å². The second-order valence-electron chi connectivity index (χ2n) is 11.1. The molecule has 0 saturated heterocycles. The van der Waals surface area contributed by atoms with E-state index >= 15 is 0 Å². The van der Waals surface area contributed by atoms with Crippen LogP contribution >= 0.6 is 0 Å². The van der Waals surface area contributed by atoms with Crippen LogP contribution in [-0.2, 0) is 4.79 Å². The van der Waals surface area contributed by atoms with E-state index in [0.29, 0.717) is 28.2 Å². The fourth-order valence-electron chi connectivity index (χ4n) is 5.64. The van der Waals surface area contributed by atoms with Crippen molar-refractivity contribution in [3.63, 3.8) is 0 Å². The number of amides is 1. The number of Topliss-reactive ketones (excluding diaryl/α,β-unsaturated/α-hetero) is 1. The van der Waals surface area contributed by atoms with Gasteiger partial charge < -0.3 is 10.4 Å². The lowest BCUT2D eigenvalue weighted by atomic mass is 9.84. The number of carbonyl (C=O) groups is 4. The zero-order valence-electron chi connectivity index (χ0n) is 24.5. The minimum atomic E-state index is -1.00. The summed E-state index contributed by atoms with van der Waals surface area (Å²) in [5, 5.41) is 11.4. The van der Waals surface area contributed by atoms with Crippen molar-refractivity contribution >= 4 is 29.0 Å². The number of carboxylic acid groups (broad SMARTS) is 1. The molecule has 0 atom stereocenters. The highest BCUT2D eigenvalue weighted by molar-refractivity contribution is 6.32. The summed E-state index contributed by atoms with van der Waals surface area (Å²) in [5.74, 6) is -1.50. The predicted octanol–water partition coefficient (Wildman–Crippen LogP) is 7.76. The first kappa shape index (κ1) is 30.4. The van der Waals surface area contributed by atoms with Crippen molar-refractivity contribution < 1.29 is 24.3 Å². The minimum Gasteiger partial charge on any atom is -0.481 e. The molecule has 0 bridgehead atoms. The van der Waals surface area contributed by atoms with Gasteiger partial charge in [-0.05, 0) is 59.2 Å². The lowest BCUT2D eigenvalue weighted by Crippen LogP contribution is -2.26. The predicted molar refractivity (Wildman–Crippen MR) is 172 cm³/mol. The Hall–Kier alpha value is -5.10. The molecule has 0 aromatic heterocycles. The van der Waals surface area contributed by atoms with Crippen LogP contribution in [0, 0.1) is 0 Å².